The SMILES string of the molecule is Cc1cc(C)nc(NCCc2ccc(Cl)cc2Cl)n1. The maximum atomic E-state index is 6.12. The minimum atomic E-state index is 0.652. The number of benzene rings is 1. The Kier molecular flexibility index (Phi) is 4.61. The van der Waals surface area contributed by atoms with Crippen LogP contribution in [-0.4, -0.2) is 16.5 Å². The van der Waals surface area contributed by atoms with Crippen LogP contribution in [0.4, 0.5) is 5.95 Å². The van der Waals surface area contributed by atoms with Crippen molar-refractivity contribution in [2.45, 2.75) is 20.3 Å². The van der Waals surface area contributed by atoms with E-state index in [-0.39, 0.29) is 0 Å². The van der Waals surface area contributed by atoms with Crippen LogP contribution in [0.25, 0.3) is 0 Å². The van der Waals surface area contributed by atoms with Gasteiger partial charge in [-0.2, -0.15) is 0 Å². The number of rotatable bonds is 4. The molecule has 0 radical (unpaired) electrons. The van der Waals surface area contributed by atoms with Crippen molar-refractivity contribution in [1.82, 2.24) is 9.97 Å². The van der Waals surface area contributed by atoms with E-state index in [0.29, 0.717) is 16.0 Å². The third-order valence-electron chi connectivity index (χ3n) is 2.67. The molecule has 0 aliphatic carbocycles. The summed E-state index contributed by atoms with van der Waals surface area (Å²) in [4.78, 5) is 8.65. The molecule has 1 heterocycles. The van der Waals surface area contributed by atoms with E-state index in [1.165, 1.54) is 0 Å². The van der Waals surface area contributed by atoms with Crippen LogP contribution in [0, 0.1) is 13.8 Å². The van der Waals surface area contributed by atoms with E-state index in [1.54, 1.807) is 6.07 Å². The zero-order valence-corrected chi connectivity index (χ0v) is 12.4. The Labute approximate surface area is 123 Å². The molecule has 0 atom stereocenters. The third-order valence-corrected chi connectivity index (χ3v) is 3.26. The minimum Gasteiger partial charge on any atom is -0.354 e. The van der Waals surface area contributed by atoms with E-state index in [4.69, 9.17) is 23.2 Å². The molecule has 3 nitrogen and oxygen atoms in total. The summed E-state index contributed by atoms with van der Waals surface area (Å²) in [6.45, 7) is 4.64. The highest BCUT2D eigenvalue weighted by atomic mass is 35.5. The lowest BCUT2D eigenvalue weighted by atomic mass is 10.1. The normalized spacial score (nSPS) is 10.5. The maximum absolute atomic E-state index is 6.12. The number of hydrogen-bond donors (Lipinski definition) is 1. The monoisotopic (exact) mass is 295 g/mol. The number of hydrogen-bond acceptors (Lipinski definition) is 3. The standard InChI is InChI=1S/C14H15Cl2N3/c1-9-7-10(2)19-14(18-9)17-6-5-11-3-4-12(15)8-13(11)16/h3-4,7-8H,5-6H2,1-2H3,(H,17,18,19). The molecule has 0 aliphatic heterocycles. The van der Waals surface area contributed by atoms with Gasteiger partial charge < -0.3 is 5.32 Å². The highest BCUT2D eigenvalue weighted by molar-refractivity contribution is 6.35. The van der Waals surface area contributed by atoms with Crippen molar-refractivity contribution in [3.63, 3.8) is 0 Å². The van der Waals surface area contributed by atoms with Crippen molar-refractivity contribution in [3.8, 4) is 0 Å². The van der Waals surface area contributed by atoms with Crippen LogP contribution in [0.1, 0.15) is 17.0 Å². The first-order valence-corrected chi connectivity index (χ1v) is 6.80. The number of aromatic nitrogens is 2. The van der Waals surface area contributed by atoms with Crippen molar-refractivity contribution in [1.29, 1.82) is 0 Å². The van der Waals surface area contributed by atoms with E-state index in [1.807, 2.05) is 32.0 Å². The first-order valence-electron chi connectivity index (χ1n) is 6.04. The molecular weight excluding hydrogens is 281 g/mol. The van der Waals surface area contributed by atoms with E-state index < -0.39 is 0 Å². The maximum Gasteiger partial charge on any atom is 0.223 e. The molecule has 1 N–H and O–H groups in total. The zero-order valence-electron chi connectivity index (χ0n) is 10.9. The van der Waals surface area contributed by atoms with E-state index in [0.717, 1.165) is 29.9 Å². The summed E-state index contributed by atoms with van der Waals surface area (Å²) in [6, 6.07) is 7.48. The van der Waals surface area contributed by atoms with Gasteiger partial charge in [0, 0.05) is 28.0 Å². The number of halogens is 2. The number of nitrogens with zero attached hydrogens (tertiary/aromatic N) is 2. The van der Waals surface area contributed by atoms with Gasteiger partial charge in [-0.3, -0.25) is 0 Å². The Morgan fingerprint density at radius 1 is 1.05 bits per heavy atom. The number of aryl methyl sites for hydroxylation is 2. The Morgan fingerprint density at radius 2 is 1.74 bits per heavy atom. The first kappa shape index (κ1) is 14.1. The van der Waals surface area contributed by atoms with E-state index in [9.17, 15) is 0 Å². The molecule has 0 bridgehead atoms. The molecule has 19 heavy (non-hydrogen) atoms. The van der Waals surface area contributed by atoms with Gasteiger partial charge in [0.15, 0.2) is 0 Å². The molecule has 1 aromatic heterocycles. The second-order valence-electron chi connectivity index (χ2n) is 4.39. The van der Waals surface area contributed by atoms with Crippen LogP contribution in [0.3, 0.4) is 0 Å². The lowest BCUT2D eigenvalue weighted by molar-refractivity contribution is 0.963. The van der Waals surface area contributed by atoms with Crippen LogP contribution in [-0.2, 0) is 6.42 Å². The summed E-state index contributed by atoms with van der Waals surface area (Å²) in [5.74, 6) is 0.655. The molecule has 0 saturated heterocycles. The van der Waals surface area contributed by atoms with Crippen molar-refractivity contribution >= 4 is 29.2 Å². The van der Waals surface area contributed by atoms with Gasteiger partial charge in [0.2, 0.25) is 5.95 Å². The average molecular weight is 296 g/mol. The second kappa shape index (κ2) is 6.22. The highest BCUT2D eigenvalue weighted by Gasteiger charge is 2.02. The smallest absolute Gasteiger partial charge is 0.223 e. The fraction of sp³-hybridized carbons (Fsp3) is 0.286. The molecule has 0 fully saturated rings. The van der Waals surface area contributed by atoms with Gasteiger partial charge in [0.05, 0.1) is 0 Å². The number of anilines is 1. The summed E-state index contributed by atoms with van der Waals surface area (Å²) in [6.07, 6.45) is 0.798. The fourth-order valence-corrected chi connectivity index (χ4v) is 2.34. The predicted molar refractivity (Wildman–Crippen MR) is 80.2 cm³/mol. The Balaban J connectivity index is 1.96. The van der Waals surface area contributed by atoms with Gasteiger partial charge in [0.25, 0.3) is 0 Å². The van der Waals surface area contributed by atoms with Crippen LogP contribution < -0.4 is 5.32 Å². The molecule has 0 unspecified atom stereocenters. The highest BCUT2D eigenvalue weighted by Crippen LogP contribution is 2.21. The molecule has 0 saturated carbocycles. The fourth-order valence-electron chi connectivity index (χ4n) is 1.84. The first-order chi connectivity index (χ1) is 9.04. The van der Waals surface area contributed by atoms with E-state index in [2.05, 4.69) is 15.3 Å². The third kappa shape index (κ3) is 4.08. The van der Waals surface area contributed by atoms with Gasteiger partial charge in [-0.25, -0.2) is 9.97 Å². The Bertz CT molecular complexity index is 565. The lowest BCUT2D eigenvalue weighted by Crippen LogP contribution is -2.09. The average Bonchev–Trinajstić information content (AvgIpc) is 2.30. The predicted octanol–water partition coefficient (Wildman–Crippen LogP) is 4.05. The van der Waals surface area contributed by atoms with E-state index >= 15 is 0 Å². The molecule has 0 spiro atoms. The summed E-state index contributed by atoms with van der Waals surface area (Å²) in [5.41, 5.74) is 2.97. The van der Waals surface area contributed by atoms with Crippen LogP contribution >= 0.6 is 23.2 Å². The Hall–Kier alpha value is -1.32. The Morgan fingerprint density at radius 3 is 2.37 bits per heavy atom. The summed E-state index contributed by atoms with van der Waals surface area (Å²) in [7, 11) is 0. The quantitative estimate of drug-likeness (QED) is 0.924. The van der Waals surface area contributed by atoms with Gasteiger partial charge in [0.1, 0.15) is 0 Å². The van der Waals surface area contributed by atoms with Crippen LogP contribution in [0.5, 0.6) is 0 Å². The molecule has 2 aromatic rings. The summed E-state index contributed by atoms with van der Waals surface area (Å²) >= 11 is 12.0. The van der Waals surface area contributed by atoms with Crippen molar-refractivity contribution in [3.05, 3.63) is 51.3 Å². The van der Waals surface area contributed by atoms with Gasteiger partial charge in [-0.1, -0.05) is 29.3 Å². The second-order valence-corrected chi connectivity index (χ2v) is 5.23. The molecule has 0 amide bonds. The van der Waals surface area contributed by atoms with Crippen LogP contribution in [0.2, 0.25) is 10.0 Å². The van der Waals surface area contributed by atoms with Crippen molar-refractivity contribution in [2.24, 2.45) is 0 Å². The van der Waals surface area contributed by atoms with Crippen LogP contribution in [0.15, 0.2) is 24.3 Å². The summed E-state index contributed by atoms with van der Waals surface area (Å²) < 4.78 is 0. The lowest BCUT2D eigenvalue weighted by Gasteiger charge is -2.08. The molecule has 0 aliphatic rings. The summed E-state index contributed by atoms with van der Waals surface area (Å²) in [5, 5.41) is 4.55. The molecule has 100 valence electrons. The van der Waals surface area contributed by atoms with Crippen molar-refractivity contribution < 1.29 is 0 Å². The largest absolute Gasteiger partial charge is 0.354 e. The topological polar surface area (TPSA) is 37.8 Å². The van der Waals surface area contributed by atoms with Gasteiger partial charge in [-0.05, 0) is 44.0 Å². The molecule has 1 aromatic carbocycles. The van der Waals surface area contributed by atoms with Gasteiger partial charge in [-0.15, -0.1) is 0 Å². The zero-order chi connectivity index (χ0) is 13.8. The minimum absolute atomic E-state index is 0.652. The number of nitrogens with one attached hydrogen (secondary N) is 1. The molecule has 2 rings (SSSR count). The van der Waals surface area contributed by atoms with Gasteiger partial charge >= 0.3 is 0 Å². The van der Waals surface area contributed by atoms with Crippen molar-refractivity contribution in [2.75, 3.05) is 11.9 Å². The molecule has 5 heteroatoms. The molecular formula is C14H15Cl2N3.